The van der Waals surface area contributed by atoms with E-state index in [-0.39, 0.29) is 6.17 Å². The lowest BCUT2D eigenvalue weighted by Crippen LogP contribution is -2.37. The topological polar surface area (TPSA) is 35.8 Å². The minimum absolute atomic E-state index is 0.173. The third kappa shape index (κ3) is 10.2. The average Bonchev–Trinajstić information content (AvgIpc) is 3.04. The lowest BCUT2D eigenvalue weighted by atomic mass is 10.1. The fourth-order valence-corrected chi connectivity index (χ4v) is 3.34. The van der Waals surface area contributed by atoms with Crippen LogP contribution in [0.2, 0.25) is 0 Å². The molecule has 0 radical (unpaired) electrons. The van der Waals surface area contributed by atoms with Crippen LogP contribution in [0.1, 0.15) is 97.3 Å². The summed E-state index contributed by atoms with van der Waals surface area (Å²) in [5.74, 6) is 0. The number of allylic oxidation sites excluding steroid dienone is 2. The van der Waals surface area contributed by atoms with Gasteiger partial charge in [0.05, 0.1) is 0 Å². The molecule has 1 heterocycles. The van der Waals surface area contributed by atoms with E-state index >= 15 is 0 Å². The van der Waals surface area contributed by atoms with Crippen LogP contribution in [-0.4, -0.2) is 35.2 Å². The highest BCUT2D eigenvalue weighted by Gasteiger charge is 2.23. The predicted molar refractivity (Wildman–Crippen MR) is 106 cm³/mol. The standard InChI is InChI=1S/C21H40N2O/c1-3-4-5-6-7-8-9-10-11-12-13-14-15-16-17-21-22-18-19-23(21)20(2)24/h14-15,18,20-21,24H,3-13,16-17,19H2,1-2H3/b15-14+. The highest BCUT2D eigenvalue weighted by atomic mass is 16.3. The first-order valence-electron chi connectivity index (χ1n) is 10.4. The molecule has 140 valence electrons. The maximum absolute atomic E-state index is 9.67. The third-order valence-corrected chi connectivity index (χ3v) is 4.92. The van der Waals surface area contributed by atoms with Crippen LogP contribution in [-0.2, 0) is 0 Å². The van der Waals surface area contributed by atoms with Gasteiger partial charge in [0.25, 0.3) is 0 Å². The molecule has 0 saturated carbocycles. The first kappa shape index (κ1) is 21.4. The van der Waals surface area contributed by atoms with Gasteiger partial charge in [-0.05, 0) is 32.6 Å². The van der Waals surface area contributed by atoms with E-state index in [1.54, 1.807) is 0 Å². The van der Waals surface area contributed by atoms with Crippen molar-refractivity contribution in [3.05, 3.63) is 12.2 Å². The molecule has 1 N–H and O–H groups in total. The van der Waals surface area contributed by atoms with Crippen molar-refractivity contribution >= 4 is 6.21 Å². The molecule has 2 atom stereocenters. The van der Waals surface area contributed by atoms with E-state index in [1.165, 1.54) is 70.6 Å². The van der Waals surface area contributed by atoms with E-state index < -0.39 is 6.23 Å². The quantitative estimate of drug-likeness (QED) is 0.308. The van der Waals surface area contributed by atoms with Crippen LogP contribution in [0.5, 0.6) is 0 Å². The van der Waals surface area contributed by atoms with Crippen LogP contribution in [0.4, 0.5) is 0 Å². The Morgan fingerprint density at radius 2 is 1.58 bits per heavy atom. The van der Waals surface area contributed by atoms with Crippen LogP contribution in [0.15, 0.2) is 17.1 Å². The molecule has 0 spiro atoms. The molecule has 0 amide bonds. The third-order valence-electron chi connectivity index (χ3n) is 4.92. The molecular weight excluding hydrogens is 296 g/mol. The summed E-state index contributed by atoms with van der Waals surface area (Å²) in [6, 6.07) is 0. The second-order valence-corrected chi connectivity index (χ2v) is 7.16. The fourth-order valence-electron chi connectivity index (χ4n) is 3.34. The van der Waals surface area contributed by atoms with Gasteiger partial charge in [0.15, 0.2) is 0 Å². The summed E-state index contributed by atoms with van der Waals surface area (Å²) in [7, 11) is 0. The minimum Gasteiger partial charge on any atom is -0.379 e. The largest absolute Gasteiger partial charge is 0.379 e. The summed E-state index contributed by atoms with van der Waals surface area (Å²) in [5.41, 5.74) is 0. The number of aliphatic imine (C=N–C) groups is 1. The summed E-state index contributed by atoms with van der Waals surface area (Å²) in [5, 5.41) is 9.67. The van der Waals surface area contributed by atoms with Gasteiger partial charge in [0.1, 0.15) is 12.4 Å². The Hall–Kier alpha value is -0.670. The molecule has 0 aliphatic carbocycles. The number of nitrogens with zero attached hydrogens (tertiary/aromatic N) is 2. The van der Waals surface area contributed by atoms with Crippen molar-refractivity contribution in [2.24, 2.45) is 4.99 Å². The Balaban J connectivity index is 1.86. The number of aliphatic hydroxyl groups excluding tert-OH is 1. The molecule has 1 aliphatic rings. The molecule has 24 heavy (non-hydrogen) atoms. The van der Waals surface area contributed by atoms with Crippen molar-refractivity contribution in [1.82, 2.24) is 4.90 Å². The molecule has 0 saturated heterocycles. The molecule has 1 aliphatic heterocycles. The Morgan fingerprint density at radius 1 is 1.00 bits per heavy atom. The van der Waals surface area contributed by atoms with Crippen molar-refractivity contribution in [3.8, 4) is 0 Å². The molecule has 0 fully saturated rings. The van der Waals surface area contributed by atoms with Gasteiger partial charge >= 0.3 is 0 Å². The lowest BCUT2D eigenvalue weighted by molar-refractivity contribution is 0.00797. The van der Waals surface area contributed by atoms with E-state index in [4.69, 9.17) is 0 Å². The zero-order valence-corrected chi connectivity index (χ0v) is 16.1. The SMILES string of the molecule is CCCCCCCCCCCC/C=C/CCC1N=CCN1C(C)O. The van der Waals surface area contributed by atoms with Gasteiger partial charge < -0.3 is 5.11 Å². The van der Waals surface area contributed by atoms with E-state index in [1.807, 2.05) is 18.0 Å². The first-order chi connectivity index (χ1) is 11.8. The summed E-state index contributed by atoms with van der Waals surface area (Å²) in [4.78, 5) is 6.48. The maximum atomic E-state index is 9.67. The number of rotatable bonds is 15. The van der Waals surface area contributed by atoms with Gasteiger partial charge in [-0.25, -0.2) is 0 Å². The summed E-state index contributed by atoms with van der Waals surface area (Å²) in [6.07, 6.45) is 23.6. The second-order valence-electron chi connectivity index (χ2n) is 7.16. The summed E-state index contributed by atoms with van der Waals surface area (Å²) >= 11 is 0. The van der Waals surface area contributed by atoms with E-state index in [0.29, 0.717) is 0 Å². The van der Waals surface area contributed by atoms with Gasteiger partial charge in [0.2, 0.25) is 0 Å². The van der Waals surface area contributed by atoms with Gasteiger partial charge in [-0.15, -0.1) is 0 Å². The van der Waals surface area contributed by atoms with Crippen molar-refractivity contribution in [1.29, 1.82) is 0 Å². The van der Waals surface area contributed by atoms with E-state index in [0.717, 1.165) is 19.4 Å². The number of unbranched alkanes of at least 4 members (excludes halogenated alkanes) is 10. The molecule has 0 aromatic carbocycles. The highest BCUT2D eigenvalue weighted by molar-refractivity contribution is 5.62. The van der Waals surface area contributed by atoms with Gasteiger partial charge in [-0.3, -0.25) is 9.89 Å². The Morgan fingerprint density at radius 3 is 2.21 bits per heavy atom. The second kappa shape index (κ2) is 14.7. The average molecular weight is 337 g/mol. The smallest absolute Gasteiger partial charge is 0.106 e. The first-order valence-corrected chi connectivity index (χ1v) is 10.4. The van der Waals surface area contributed by atoms with E-state index in [9.17, 15) is 5.11 Å². The molecule has 3 heteroatoms. The molecule has 0 aromatic heterocycles. The van der Waals surface area contributed by atoms with Crippen LogP contribution in [0.25, 0.3) is 0 Å². The molecule has 1 rings (SSSR count). The Labute approximate surface area is 150 Å². The Kier molecular flexibility index (Phi) is 13.1. The zero-order chi connectivity index (χ0) is 17.5. The molecule has 0 aromatic rings. The normalized spacial score (nSPS) is 19.5. The molecule has 3 nitrogen and oxygen atoms in total. The molecule has 0 bridgehead atoms. The summed E-state index contributed by atoms with van der Waals surface area (Å²) in [6.45, 7) is 4.88. The maximum Gasteiger partial charge on any atom is 0.106 e. The van der Waals surface area contributed by atoms with Crippen molar-refractivity contribution in [3.63, 3.8) is 0 Å². The highest BCUT2D eigenvalue weighted by Crippen LogP contribution is 2.16. The van der Waals surface area contributed by atoms with Crippen LogP contribution in [0, 0.1) is 0 Å². The summed E-state index contributed by atoms with van der Waals surface area (Å²) < 4.78 is 0. The lowest BCUT2D eigenvalue weighted by Gasteiger charge is -2.25. The number of aliphatic hydroxyl groups is 1. The molecule has 2 unspecified atom stereocenters. The fraction of sp³-hybridized carbons (Fsp3) is 0.857. The van der Waals surface area contributed by atoms with Gasteiger partial charge in [-0.2, -0.15) is 0 Å². The zero-order valence-electron chi connectivity index (χ0n) is 16.1. The predicted octanol–water partition coefficient (Wildman–Crippen LogP) is 5.68. The van der Waals surface area contributed by atoms with Crippen LogP contribution < -0.4 is 0 Å². The van der Waals surface area contributed by atoms with Gasteiger partial charge in [0, 0.05) is 12.8 Å². The van der Waals surface area contributed by atoms with E-state index in [2.05, 4.69) is 24.1 Å². The minimum atomic E-state index is -0.395. The van der Waals surface area contributed by atoms with Crippen LogP contribution >= 0.6 is 0 Å². The van der Waals surface area contributed by atoms with Crippen molar-refractivity contribution < 1.29 is 5.11 Å². The monoisotopic (exact) mass is 336 g/mol. The number of hydrogen-bond acceptors (Lipinski definition) is 3. The van der Waals surface area contributed by atoms with Gasteiger partial charge in [-0.1, -0.05) is 76.9 Å². The molecular formula is C21H40N2O. The van der Waals surface area contributed by atoms with Crippen LogP contribution in [0.3, 0.4) is 0 Å². The number of hydrogen-bond donors (Lipinski definition) is 1. The Bertz CT molecular complexity index is 339. The van der Waals surface area contributed by atoms with Crippen molar-refractivity contribution in [2.45, 2.75) is 110 Å². The van der Waals surface area contributed by atoms with Crippen molar-refractivity contribution in [2.75, 3.05) is 6.54 Å².